The number of carbonyl (C=O) groups is 2. The van der Waals surface area contributed by atoms with Crippen molar-refractivity contribution >= 4 is 23.7 Å². The number of amides is 3. The number of thioether (sulfide) groups is 1. The molecule has 2 aromatic rings. The largest absolute Gasteiger partial charge is 0.341 e. The molecule has 1 aromatic carbocycles. The zero-order chi connectivity index (χ0) is 19.9. The molecule has 0 bridgehead atoms. The summed E-state index contributed by atoms with van der Waals surface area (Å²) in [5, 5.41) is 13.6. The van der Waals surface area contributed by atoms with Gasteiger partial charge in [-0.15, -0.1) is 10.2 Å². The second-order valence-corrected chi connectivity index (χ2v) is 7.41. The van der Waals surface area contributed by atoms with Crippen molar-refractivity contribution in [1.29, 1.82) is 0 Å². The third-order valence-electron chi connectivity index (χ3n) is 4.41. The van der Waals surface area contributed by atoms with E-state index in [1.165, 1.54) is 37.4 Å². The van der Waals surface area contributed by atoms with Gasteiger partial charge in [0.25, 0.3) is 0 Å². The molecule has 10 heteroatoms. The van der Waals surface area contributed by atoms with E-state index in [4.69, 9.17) is 0 Å². The van der Waals surface area contributed by atoms with E-state index in [1.54, 1.807) is 12.1 Å². The highest BCUT2D eigenvalue weighted by Crippen LogP contribution is 2.24. The van der Waals surface area contributed by atoms with Gasteiger partial charge in [-0.1, -0.05) is 18.2 Å². The lowest BCUT2D eigenvalue weighted by Gasteiger charge is -2.26. The Hall–Kier alpha value is -2.46. The Kier molecular flexibility index (Phi) is 6.99. The van der Waals surface area contributed by atoms with Crippen LogP contribution in [0.4, 0.5) is 9.18 Å². The number of carbonyl (C=O) groups excluding carboxylic acids is 2. The molecule has 2 heterocycles. The molecular weight excluding hydrogens is 383 g/mol. The van der Waals surface area contributed by atoms with Gasteiger partial charge in [-0.2, -0.15) is 0 Å². The number of rotatable bonds is 6. The van der Waals surface area contributed by atoms with Crippen LogP contribution < -0.4 is 10.6 Å². The lowest BCUT2D eigenvalue weighted by Crippen LogP contribution is -2.38. The molecule has 3 rings (SSSR count). The van der Waals surface area contributed by atoms with Crippen LogP contribution in [0.25, 0.3) is 5.69 Å². The van der Waals surface area contributed by atoms with Crippen LogP contribution in [-0.2, 0) is 11.3 Å². The van der Waals surface area contributed by atoms with Crippen molar-refractivity contribution in [1.82, 2.24) is 30.3 Å². The number of benzene rings is 1. The SMILES string of the molecule is CNC(=O)NC(=O)CSc1nnc(CN2CCCCC2)n1-c1ccc(F)cc1. The van der Waals surface area contributed by atoms with Crippen LogP contribution in [-0.4, -0.2) is 57.5 Å². The molecule has 1 aliphatic rings. The highest BCUT2D eigenvalue weighted by Gasteiger charge is 2.20. The van der Waals surface area contributed by atoms with Crippen LogP contribution in [0.3, 0.4) is 0 Å². The molecule has 150 valence electrons. The Bertz CT molecular complexity index is 820. The minimum Gasteiger partial charge on any atom is -0.341 e. The van der Waals surface area contributed by atoms with Gasteiger partial charge in [0.1, 0.15) is 5.82 Å². The van der Waals surface area contributed by atoms with Crippen LogP contribution in [0.15, 0.2) is 29.4 Å². The van der Waals surface area contributed by atoms with E-state index in [2.05, 4.69) is 25.7 Å². The van der Waals surface area contributed by atoms with Gasteiger partial charge in [-0.3, -0.25) is 19.6 Å². The summed E-state index contributed by atoms with van der Waals surface area (Å²) in [6.45, 7) is 2.65. The highest BCUT2D eigenvalue weighted by atomic mass is 32.2. The van der Waals surface area contributed by atoms with Gasteiger partial charge < -0.3 is 5.32 Å². The summed E-state index contributed by atoms with van der Waals surface area (Å²) >= 11 is 1.17. The third kappa shape index (κ3) is 5.29. The molecule has 1 fully saturated rings. The first-order valence-corrected chi connectivity index (χ1v) is 10.1. The molecule has 0 spiro atoms. The lowest BCUT2D eigenvalue weighted by atomic mass is 10.1. The Morgan fingerprint density at radius 1 is 1.14 bits per heavy atom. The third-order valence-corrected chi connectivity index (χ3v) is 5.34. The minimum atomic E-state index is -0.559. The smallest absolute Gasteiger partial charge is 0.321 e. The van der Waals surface area contributed by atoms with Crippen LogP contribution in [0.2, 0.25) is 0 Å². The van der Waals surface area contributed by atoms with Gasteiger partial charge in [-0.05, 0) is 50.2 Å². The summed E-state index contributed by atoms with van der Waals surface area (Å²) in [7, 11) is 1.44. The summed E-state index contributed by atoms with van der Waals surface area (Å²) in [6, 6.07) is 5.52. The standard InChI is InChI=1S/C18H23FN6O2S/c1-20-17(27)21-16(26)12-28-18-23-22-15(11-24-9-3-2-4-10-24)25(18)14-7-5-13(19)6-8-14/h5-8H,2-4,9-12H2,1H3,(H2,20,21,26,27). The fourth-order valence-electron chi connectivity index (χ4n) is 3.02. The number of likely N-dealkylation sites (tertiary alicyclic amines) is 1. The first-order chi connectivity index (χ1) is 13.6. The van der Waals surface area contributed by atoms with Gasteiger partial charge in [0, 0.05) is 12.7 Å². The maximum atomic E-state index is 13.4. The Morgan fingerprint density at radius 2 is 1.86 bits per heavy atom. The van der Waals surface area contributed by atoms with Gasteiger partial charge in [0.15, 0.2) is 11.0 Å². The van der Waals surface area contributed by atoms with Gasteiger partial charge in [0.2, 0.25) is 5.91 Å². The van der Waals surface area contributed by atoms with Crippen molar-refractivity contribution in [2.45, 2.75) is 31.0 Å². The Labute approximate surface area is 166 Å². The molecule has 0 atom stereocenters. The van der Waals surface area contributed by atoms with E-state index in [-0.39, 0.29) is 11.6 Å². The average molecular weight is 406 g/mol. The second-order valence-electron chi connectivity index (χ2n) is 6.46. The van der Waals surface area contributed by atoms with Gasteiger partial charge in [0.05, 0.1) is 12.3 Å². The van der Waals surface area contributed by atoms with E-state index >= 15 is 0 Å². The number of nitrogens with zero attached hydrogens (tertiary/aromatic N) is 4. The van der Waals surface area contributed by atoms with E-state index < -0.39 is 11.9 Å². The molecule has 8 nitrogen and oxygen atoms in total. The first kappa shape index (κ1) is 20.3. The molecule has 1 saturated heterocycles. The summed E-state index contributed by atoms with van der Waals surface area (Å²) in [4.78, 5) is 25.5. The number of imide groups is 1. The van der Waals surface area contributed by atoms with Crippen LogP contribution in [0.1, 0.15) is 25.1 Å². The Morgan fingerprint density at radius 3 is 2.54 bits per heavy atom. The van der Waals surface area contributed by atoms with E-state index in [9.17, 15) is 14.0 Å². The van der Waals surface area contributed by atoms with E-state index in [0.717, 1.165) is 37.4 Å². The van der Waals surface area contributed by atoms with Crippen molar-refractivity contribution in [3.63, 3.8) is 0 Å². The van der Waals surface area contributed by atoms with Crippen LogP contribution in [0, 0.1) is 5.82 Å². The average Bonchev–Trinajstić information content (AvgIpc) is 3.10. The van der Waals surface area contributed by atoms with Gasteiger partial charge in [-0.25, -0.2) is 9.18 Å². The molecule has 0 saturated carbocycles. The summed E-state index contributed by atoms with van der Waals surface area (Å²) in [5.74, 6) is -0.0110. The predicted octanol–water partition coefficient (Wildman–Crippen LogP) is 1.94. The quantitative estimate of drug-likeness (QED) is 0.713. The summed E-state index contributed by atoms with van der Waals surface area (Å²) < 4.78 is 15.2. The van der Waals surface area contributed by atoms with Crippen molar-refractivity contribution in [2.24, 2.45) is 0 Å². The van der Waals surface area contributed by atoms with Crippen LogP contribution >= 0.6 is 11.8 Å². The Balaban J connectivity index is 1.79. The molecule has 0 radical (unpaired) electrons. The minimum absolute atomic E-state index is 0.0104. The zero-order valence-corrected chi connectivity index (χ0v) is 16.5. The number of piperidine rings is 1. The van der Waals surface area contributed by atoms with Crippen molar-refractivity contribution < 1.29 is 14.0 Å². The van der Waals surface area contributed by atoms with Crippen molar-refractivity contribution in [2.75, 3.05) is 25.9 Å². The number of nitrogens with one attached hydrogen (secondary N) is 2. The maximum absolute atomic E-state index is 13.4. The topological polar surface area (TPSA) is 92.2 Å². The molecule has 1 aliphatic heterocycles. The van der Waals surface area contributed by atoms with Gasteiger partial charge >= 0.3 is 6.03 Å². The summed E-state index contributed by atoms with van der Waals surface area (Å²) in [5.41, 5.74) is 0.729. The number of hydrogen-bond donors (Lipinski definition) is 2. The molecule has 28 heavy (non-hydrogen) atoms. The number of halogens is 1. The number of aromatic nitrogens is 3. The van der Waals surface area contributed by atoms with E-state index in [0.29, 0.717) is 11.7 Å². The number of hydrogen-bond acceptors (Lipinski definition) is 6. The number of urea groups is 1. The fraction of sp³-hybridized carbons (Fsp3) is 0.444. The van der Waals surface area contributed by atoms with E-state index in [1.807, 2.05) is 4.57 Å². The van der Waals surface area contributed by atoms with Crippen molar-refractivity contribution in [3.05, 3.63) is 35.9 Å². The van der Waals surface area contributed by atoms with Crippen molar-refractivity contribution in [3.8, 4) is 5.69 Å². The predicted molar refractivity (Wildman–Crippen MR) is 104 cm³/mol. The molecule has 2 N–H and O–H groups in total. The van der Waals surface area contributed by atoms with Crippen LogP contribution in [0.5, 0.6) is 0 Å². The molecule has 1 aromatic heterocycles. The zero-order valence-electron chi connectivity index (χ0n) is 15.7. The monoisotopic (exact) mass is 406 g/mol. The second kappa shape index (κ2) is 9.65. The molecule has 0 unspecified atom stereocenters. The maximum Gasteiger partial charge on any atom is 0.321 e. The molecular formula is C18H23FN6O2S. The fourth-order valence-corrected chi connectivity index (χ4v) is 3.79. The first-order valence-electron chi connectivity index (χ1n) is 9.14. The normalized spacial score (nSPS) is 14.6. The summed E-state index contributed by atoms with van der Waals surface area (Å²) in [6.07, 6.45) is 3.56. The lowest BCUT2D eigenvalue weighted by molar-refractivity contribution is -0.117. The molecule has 0 aliphatic carbocycles. The molecule has 3 amide bonds. The highest BCUT2D eigenvalue weighted by molar-refractivity contribution is 7.99.